The Balaban J connectivity index is 1.84. The van der Waals surface area contributed by atoms with Crippen molar-refractivity contribution in [2.45, 2.75) is 12.8 Å². The molecule has 0 atom stereocenters. The molecule has 0 unspecified atom stereocenters. The predicted molar refractivity (Wildman–Crippen MR) is 63.6 cm³/mol. The number of anilines is 1. The first kappa shape index (κ1) is 10.7. The van der Waals surface area contributed by atoms with Crippen molar-refractivity contribution in [3.63, 3.8) is 0 Å². The minimum atomic E-state index is -0.283. The molecule has 2 N–H and O–H groups in total. The third kappa shape index (κ3) is 3.42. The molecule has 0 bridgehead atoms. The highest BCUT2D eigenvalue weighted by Gasteiger charge is 2.22. The van der Waals surface area contributed by atoms with Crippen LogP contribution in [0.25, 0.3) is 6.08 Å². The molecule has 3 nitrogen and oxygen atoms in total. The van der Waals surface area contributed by atoms with Crippen LogP contribution in [0.15, 0.2) is 30.3 Å². The number of benzene rings is 1. The van der Waals surface area contributed by atoms with E-state index in [1.165, 1.54) is 18.9 Å². The number of esters is 1. The molecule has 0 radical (unpaired) electrons. The van der Waals surface area contributed by atoms with Gasteiger partial charge < -0.3 is 10.5 Å². The maximum Gasteiger partial charge on any atom is 0.330 e. The summed E-state index contributed by atoms with van der Waals surface area (Å²) < 4.78 is 5.06. The Kier molecular flexibility index (Phi) is 3.25. The highest BCUT2D eigenvalue weighted by molar-refractivity contribution is 5.87. The van der Waals surface area contributed by atoms with Gasteiger partial charge in [0.05, 0.1) is 6.61 Å². The number of nitrogens with two attached hydrogens (primary N) is 1. The Bertz CT molecular complexity index is 408. The number of carbonyl (C=O) groups is 1. The number of hydrogen-bond donors (Lipinski definition) is 1. The summed E-state index contributed by atoms with van der Waals surface area (Å²) in [5.74, 6) is 0.319. The smallest absolute Gasteiger partial charge is 0.330 e. The lowest BCUT2D eigenvalue weighted by molar-refractivity contribution is -0.138. The van der Waals surface area contributed by atoms with Crippen molar-refractivity contribution in [1.29, 1.82) is 0 Å². The summed E-state index contributed by atoms with van der Waals surface area (Å²) in [4.78, 5) is 11.3. The highest BCUT2D eigenvalue weighted by atomic mass is 16.5. The SMILES string of the molecule is Nc1cccc(/C=C/C(=O)OCC2CC2)c1. The molecule has 84 valence electrons. The van der Waals surface area contributed by atoms with Gasteiger partial charge in [-0.2, -0.15) is 0 Å². The lowest BCUT2D eigenvalue weighted by atomic mass is 10.2. The summed E-state index contributed by atoms with van der Waals surface area (Å²) in [6.07, 6.45) is 5.53. The van der Waals surface area contributed by atoms with E-state index in [1.807, 2.05) is 24.3 Å². The molecule has 0 heterocycles. The minimum Gasteiger partial charge on any atom is -0.462 e. The molecule has 0 aliphatic heterocycles. The number of carbonyl (C=O) groups excluding carboxylic acids is 1. The van der Waals surface area contributed by atoms with E-state index in [1.54, 1.807) is 6.08 Å². The summed E-state index contributed by atoms with van der Waals surface area (Å²) >= 11 is 0. The lowest BCUT2D eigenvalue weighted by Gasteiger charge is -1.99. The summed E-state index contributed by atoms with van der Waals surface area (Å²) in [6, 6.07) is 7.36. The Labute approximate surface area is 94.9 Å². The van der Waals surface area contributed by atoms with Crippen molar-refractivity contribution in [2.75, 3.05) is 12.3 Å². The fraction of sp³-hybridized carbons (Fsp3) is 0.308. The zero-order valence-electron chi connectivity index (χ0n) is 9.06. The van der Waals surface area contributed by atoms with Crippen molar-refractivity contribution in [2.24, 2.45) is 5.92 Å². The predicted octanol–water partition coefficient (Wildman–Crippen LogP) is 2.24. The van der Waals surface area contributed by atoms with Gasteiger partial charge in [-0.05, 0) is 42.5 Å². The maximum absolute atomic E-state index is 11.3. The molecule has 3 heteroatoms. The third-order valence-corrected chi connectivity index (χ3v) is 2.48. The van der Waals surface area contributed by atoms with Crippen LogP contribution in [0.3, 0.4) is 0 Å². The van der Waals surface area contributed by atoms with Crippen LogP contribution >= 0.6 is 0 Å². The van der Waals surface area contributed by atoms with Crippen molar-refractivity contribution in [3.8, 4) is 0 Å². The second-order valence-electron chi connectivity index (χ2n) is 4.08. The van der Waals surface area contributed by atoms with Crippen molar-refractivity contribution >= 4 is 17.7 Å². The molecule has 2 rings (SSSR count). The van der Waals surface area contributed by atoms with Gasteiger partial charge in [0.1, 0.15) is 0 Å². The zero-order chi connectivity index (χ0) is 11.4. The number of ether oxygens (including phenoxy) is 1. The average Bonchev–Trinajstić information content (AvgIpc) is 3.07. The Hall–Kier alpha value is -1.77. The third-order valence-electron chi connectivity index (χ3n) is 2.48. The molecule has 16 heavy (non-hydrogen) atoms. The monoisotopic (exact) mass is 217 g/mol. The van der Waals surface area contributed by atoms with Gasteiger partial charge in [-0.1, -0.05) is 12.1 Å². The van der Waals surface area contributed by atoms with E-state index in [2.05, 4.69) is 0 Å². The van der Waals surface area contributed by atoms with E-state index >= 15 is 0 Å². The van der Waals surface area contributed by atoms with Crippen LogP contribution in [-0.4, -0.2) is 12.6 Å². The first-order valence-corrected chi connectivity index (χ1v) is 5.44. The van der Waals surface area contributed by atoms with E-state index in [9.17, 15) is 4.79 Å². The summed E-state index contributed by atoms with van der Waals surface area (Å²) in [6.45, 7) is 0.556. The van der Waals surface area contributed by atoms with Crippen molar-refractivity contribution < 1.29 is 9.53 Å². The second-order valence-corrected chi connectivity index (χ2v) is 4.08. The van der Waals surface area contributed by atoms with Crippen LogP contribution < -0.4 is 5.73 Å². The van der Waals surface area contributed by atoms with Gasteiger partial charge in [0.25, 0.3) is 0 Å². The standard InChI is InChI=1S/C13H15NO2/c14-12-3-1-2-10(8-12)6-7-13(15)16-9-11-4-5-11/h1-3,6-8,11H,4-5,9,14H2/b7-6+. The largest absolute Gasteiger partial charge is 0.462 e. The molecular weight excluding hydrogens is 202 g/mol. The van der Waals surface area contributed by atoms with Gasteiger partial charge in [-0.25, -0.2) is 4.79 Å². The van der Waals surface area contributed by atoms with E-state index in [0.29, 0.717) is 18.2 Å². The molecule has 1 aromatic carbocycles. The van der Waals surface area contributed by atoms with Crippen LogP contribution in [0.2, 0.25) is 0 Å². The Morgan fingerprint density at radius 2 is 2.31 bits per heavy atom. The molecule has 1 aliphatic carbocycles. The molecule has 0 amide bonds. The van der Waals surface area contributed by atoms with Crippen molar-refractivity contribution in [1.82, 2.24) is 0 Å². The fourth-order valence-electron chi connectivity index (χ4n) is 1.36. The van der Waals surface area contributed by atoms with E-state index < -0.39 is 0 Å². The molecule has 0 saturated heterocycles. The van der Waals surface area contributed by atoms with Gasteiger partial charge in [0, 0.05) is 11.8 Å². The van der Waals surface area contributed by atoms with E-state index in [0.717, 1.165) is 5.56 Å². The van der Waals surface area contributed by atoms with Gasteiger partial charge in [0.15, 0.2) is 0 Å². The van der Waals surface area contributed by atoms with Gasteiger partial charge in [-0.3, -0.25) is 0 Å². The number of nitrogen functional groups attached to an aromatic ring is 1. The molecule has 0 aromatic heterocycles. The number of rotatable bonds is 4. The van der Waals surface area contributed by atoms with Crippen LogP contribution in [0.5, 0.6) is 0 Å². The molecule has 1 aliphatic rings. The minimum absolute atomic E-state index is 0.283. The van der Waals surface area contributed by atoms with Crippen LogP contribution in [0, 0.1) is 5.92 Å². The first-order chi connectivity index (χ1) is 7.74. The molecule has 0 spiro atoms. The van der Waals surface area contributed by atoms with Crippen LogP contribution in [-0.2, 0) is 9.53 Å². The maximum atomic E-state index is 11.3. The fourth-order valence-corrected chi connectivity index (χ4v) is 1.36. The van der Waals surface area contributed by atoms with Gasteiger partial charge >= 0.3 is 5.97 Å². The van der Waals surface area contributed by atoms with Crippen molar-refractivity contribution in [3.05, 3.63) is 35.9 Å². The Morgan fingerprint density at radius 1 is 1.50 bits per heavy atom. The Morgan fingerprint density at radius 3 is 3.00 bits per heavy atom. The van der Waals surface area contributed by atoms with E-state index in [4.69, 9.17) is 10.5 Å². The summed E-state index contributed by atoms with van der Waals surface area (Å²) in [7, 11) is 0. The van der Waals surface area contributed by atoms with E-state index in [-0.39, 0.29) is 5.97 Å². The summed E-state index contributed by atoms with van der Waals surface area (Å²) in [5.41, 5.74) is 7.22. The zero-order valence-corrected chi connectivity index (χ0v) is 9.06. The molecule has 1 saturated carbocycles. The highest BCUT2D eigenvalue weighted by Crippen LogP contribution is 2.28. The second kappa shape index (κ2) is 4.84. The van der Waals surface area contributed by atoms with Crippen LogP contribution in [0.1, 0.15) is 18.4 Å². The van der Waals surface area contributed by atoms with Crippen LogP contribution in [0.4, 0.5) is 5.69 Å². The molecular formula is C13H15NO2. The normalized spacial score (nSPS) is 15.2. The topological polar surface area (TPSA) is 52.3 Å². The molecule has 1 fully saturated rings. The van der Waals surface area contributed by atoms with Gasteiger partial charge in [0.2, 0.25) is 0 Å². The summed E-state index contributed by atoms with van der Waals surface area (Å²) in [5, 5.41) is 0. The van der Waals surface area contributed by atoms with Gasteiger partial charge in [-0.15, -0.1) is 0 Å². The quantitative estimate of drug-likeness (QED) is 0.478. The number of hydrogen-bond acceptors (Lipinski definition) is 3. The molecule has 1 aromatic rings. The lowest BCUT2D eigenvalue weighted by Crippen LogP contribution is -2.03. The average molecular weight is 217 g/mol. The first-order valence-electron chi connectivity index (χ1n) is 5.44.